The Morgan fingerprint density at radius 1 is 1.15 bits per heavy atom. The number of fused-ring (bicyclic) bond motifs is 1. The maximum atomic E-state index is 12.1. The summed E-state index contributed by atoms with van der Waals surface area (Å²) in [5, 5.41) is 6.91. The number of amides is 1. The molecule has 3 aromatic heterocycles. The van der Waals surface area contributed by atoms with Gasteiger partial charge in [-0.25, -0.2) is 14.5 Å². The van der Waals surface area contributed by atoms with Gasteiger partial charge in [0.05, 0.1) is 17.4 Å². The standard InChI is InChI=1S/C19H17N5O3/c25-18(22-14-8-9-17(20-13-14)24-12-4-10-21-24)7-3-11-23-15-5-1-2-6-16(15)27-19(23)26/h1-2,4-6,8-10,12-13H,3,7,11H2,(H,22,25). The van der Waals surface area contributed by atoms with E-state index in [4.69, 9.17) is 4.42 Å². The molecule has 3 heterocycles. The Labute approximate surface area is 154 Å². The summed E-state index contributed by atoms with van der Waals surface area (Å²) in [4.78, 5) is 28.3. The van der Waals surface area contributed by atoms with Crippen LogP contribution in [0.5, 0.6) is 0 Å². The third kappa shape index (κ3) is 3.64. The number of carbonyl (C=O) groups is 1. The van der Waals surface area contributed by atoms with E-state index in [0.717, 1.165) is 5.52 Å². The third-order valence-electron chi connectivity index (χ3n) is 4.13. The lowest BCUT2D eigenvalue weighted by atomic mass is 10.2. The predicted octanol–water partition coefficient (Wildman–Crippen LogP) is 2.59. The minimum absolute atomic E-state index is 0.135. The number of aryl methyl sites for hydroxylation is 1. The lowest BCUT2D eigenvalue weighted by Gasteiger charge is -2.06. The zero-order valence-corrected chi connectivity index (χ0v) is 14.4. The summed E-state index contributed by atoms with van der Waals surface area (Å²) in [6, 6.07) is 12.6. The van der Waals surface area contributed by atoms with Crippen LogP contribution >= 0.6 is 0 Å². The molecule has 8 heteroatoms. The molecule has 0 bridgehead atoms. The lowest BCUT2D eigenvalue weighted by Crippen LogP contribution is -2.17. The summed E-state index contributed by atoms with van der Waals surface area (Å²) in [7, 11) is 0. The number of hydrogen-bond donors (Lipinski definition) is 1. The van der Waals surface area contributed by atoms with Crippen LogP contribution in [-0.4, -0.2) is 25.2 Å². The van der Waals surface area contributed by atoms with Crippen molar-refractivity contribution in [3.8, 4) is 5.82 Å². The van der Waals surface area contributed by atoms with Gasteiger partial charge in [-0.2, -0.15) is 5.10 Å². The van der Waals surface area contributed by atoms with E-state index in [1.165, 1.54) is 0 Å². The molecule has 4 rings (SSSR count). The summed E-state index contributed by atoms with van der Waals surface area (Å²) < 4.78 is 8.37. The molecule has 4 aromatic rings. The highest BCUT2D eigenvalue weighted by molar-refractivity contribution is 5.90. The monoisotopic (exact) mass is 363 g/mol. The first-order valence-electron chi connectivity index (χ1n) is 8.55. The number of hydrogen-bond acceptors (Lipinski definition) is 5. The van der Waals surface area contributed by atoms with Crippen molar-refractivity contribution in [1.82, 2.24) is 19.3 Å². The van der Waals surface area contributed by atoms with Crippen LogP contribution in [0.4, 0.5) is 5.69 Å². The Morgan fingerprint density at radius 3 is 2.81 bits per heavy atom. The molecular formula is C19H17N5O3. The number of nitrogens with one attached hydrogen (secondary N) is 1. The van der Waals surface area contributed by atoms with E-state index in [-0.39, 0.29) is 12.3 Å². The van der Waals surface area contributed by atoms with Crippen molar-refractivity contribution < 1.29 is 9.21 Å². The van der Waals surface area contributed by atoms with Gasteiger partial charge >= 0.3 is 5.76 Å². The molecule has 1 aromatic carbocycles. The van der Waals surface area contributed by atoms with Crippen molar-refractivity contribution in [2.24, 2.45) is 0 Å². The van der Waals surface area contributed by atoms with Crippen molar-refractivity contribution in [2.45, 2.75) is 19.4 Å². The maximum Gasteiger partial charge on any atom is 0.419 e. The quantitative estimate of drug-likeness (QED) is 0.568. The van der Waals surface area contributed by atoms with E-state index < -0.39 is 5.76 Å². The first-order valence-corrected chi connectivity index (χ1v) is 8.55. The average Bonchev–Trinajstić information content (AvgIpc) is 3.31. The second-order valence-electron chi connectivity index (χ2n) is 5.99. The average molecular weight is 363 g/mol. The largest absolute Gasteiger partial charge is 0.419 e. The van der Waals surface area contributed by atoms with Crippen molar-refractivity contribution in [2.75, 3.05) is 5.32 Å². The van der Waals surface area contributed by atoms with Gasteiger partial charge in [-0.1, -0.05) is 12.1 Å². The van der Waals surface area contributed by atoms with E-state index in [1.54, 1.807) is 46.0 Å². The lowest BCUT2D eigenvalue weighted by molar-refractivity contribution is -0.116. The van der Waals surface area contributed by atoms with Crippen molar-refractivity contribution in [1.29, 1.82) is 0 Å². The Morgan fingerprint density at radius 2 is 2.04 bits per heavy atom. The fraction of sp³-hybridized carbons (Fsp3) is 0.158. The number of nitrogens with zero attached hydrogens (tertiary/aromatic N) is 4. The molecule has 0 aliphatic heterocycles. The van der Waals surface area contributed by atoms with E-state index in [9.17, 15) is 9.59 Å². The van der Waals surface area contributed by atoms with E-state index in [0.29, 0.717) is 30.1 Å². The van der Waals surface area contributed by atoms with Crippen LogP contribution in [-0.2, 0) is 11.3 Å². The van der Waals surface area contributed by atoms with Gasteiger partial charge in [-0.05, 0) is 36.8 Å². The number of anilines is 1. The Hall–Kier alpha value is -3.68. The van der Waals surface area contributed by atoms with E-state index in [2.05, 4.69) is 15.4 Å². The number of benzene rings is 1. The fourth-order valence-corrected chi connectivity index (χ4v) is 2.85. The summed E-state index contributed by atoms with van der Waals surface area (Å²) in [5.74, 6) is 0.128. The number of pyridine rings is 1. The molecule has 0 saturated heterocycles. The van der Waals surface area contributed by atoms with Gasteiger partial charge in [0.15, 0.2) is 11.4 Å². The summed E-state index contributed by atoms with van der Waals surface area (Å²) in [5.41, 5.74) is 1.90. The number of para-hydroxylation sites is 2. The molecule has 0 unspecified atom stereocenters. The first-order chi connectivity index (χ1) is 13.2. The van der Waals surface area contributed by atoms with Crippen LogP contribution < -0.4 is 11.1 Å². The van der Waals surface area contributed by atoms with Gasteiger partial charge in [0.2, 0.25) is 5.91 Å². The molecule has 27 heavy (non-hydrogen) atoms. The highest BCUT2D eigenvalue weighted by Crippen LogP contribution is 2.13. The predicted molar refractivity (Wildman–Crippen MR) is 99.7 cm³/mol. The molecule has 1 amide bonds. The highest BCUT2D eigenvalue weighted by Gasteiger charge is 2.09. The van der Waals surface area contributed by atoms with E-state index in [1.807, 2.05) is 24.3 Å². The van der Waals surface area contributed by atoms with Gasteiger partial charge in [-0.15, -0.1) is 0 Å². The summed E-state index contributed by atoms with van der Waals surface area (Å²) >= 11 is 0. The molecule has 0 radical (unpaired) electrons. The molecule has 1 N–H and O–H groups in total. The van der Waals surface area contributed by atoms with Gasteiger partial charge in [0.25, 0.3) is 0 Å². The minimum atomic E-state index is -0.407. The first kappa shape index (κ1) is 16.8. The van der Waals surface area contributed by atoms with Crippen molar-refractivity contribution in [3.63, 3.8) is 0 Å². The molecular weight excluding hydrogens is 346 g/mol. The van der Waals surface area contributed by atoms with Gasteiger partial charge in [0, 0.05) is 25.4 Å². The topological polar surface area (TPSA) is 94.9 Å². The molecule has 0 aliphatic carbocycles. The van der Waals surface area contributed by atoms with Crippen LogP contribution in [0.3, 0.4) is 0 Å². The molecule has 0 aliphatic rings. The number of rotatable bonds is 6. The van der Waals surface area contributed by atoms with Gasteiger partial charge in [0.1, 0.15) is 0 Å². The maximum absolute atomic E-state index is 12.1. The zero-order valence-electron chi connectivity index (χ0n) is 14.4. The normalized spacial score (nSPS) is 11.0. The van der Waals surface area contributed by atoms with Crippen molar-refractivity contribution >= 4 is 22.7 Å². The smallest absolute Gasteiger partial charge is 0.408 e. The molecule has 0 fully saturated rings. The highest BCUT2D eigenvalue weighted by atomic mass is 16.4. The summed E-state index contributed by atoms with van der Waals surface area (Å²) in [6.07, 6.45) is 5.86. The van der Waals surface area contributed by atoms with Gasteiger partial charge < -0.3 is 9.73 Å². The Kier molecular flexibility index (Phi) is 4.52. The van der Waals surface area contributed by atoms with Crippen LogP contribution in [0.2, 0.25) is 0 Å². The van der Waals surface area contributed by atoms with Crippen LogP contribution in [0.15, 0.2) is 70.3 Å². The SMILES string of the molecule is O=C(CCCn1c(=O)oc2ccccc21)Nc1ccc(-n2cccn2)nc1. The number of aromatic nitrogens is 4. The molecule has 136 valence electrons. The second kappa shape index (κ2) is 7.28. The minimum Gasteiger partial charge on any atom is -0.408 e. The van der Waals surface area contributed by atoms with Crippen LogP contribution in [0.1, 0.15) is 12.8 Å². The molecule has 0 spiro atoms. The van der Waals surface area contributed by atoms with Crippen molar-refractivity contribution in [3.05, 3.63) is 71.6 Å². The van der Waals surface area contributed by atoms with Gasteiger partial charge in [-0.3, -0.25) is 9.36 Å². The summed E-state index contributed by atoms with van der Waals surface area (Å²) in [6.45, 7) is 0.416. The number of oxazole rings is 1. The molecule has 8 nitrogen and oxygen atoms in total. The second-order valence-corrected chi connectivity index (χ2v) is 5.99. The third-order valence-corrected chi connectivity index (χ3v) is 4.13. The van der Waals surface area contributed by atoms with E-state index >= 15 is 0 Å². The Balaban J connectivity index is 1.33. The van der Waals surface area contributed by atoms with Crippen LogP contribution in [0.25, 0.3) is 16.9 Å². The zero-order chi connectivity index (χ0) is 18.6. The molecule has 0 atom stereocenters. The number of carbonyl (C=O) groups excluding carboxylic acids is 1. The Bertz CT molecular complexity index is 1110. The fourth-order valence-electron chi connectivity index (χ4n) is 2.85. The molecule has 0 saturated carbocycles. The van der Waals surface area contributed by atoms with Crippen LogP contribution in [0, 0.1) is 0 Å².